The van der Waals surface area contributed by atoms with Gasteiger partial charge in [0.1, 0.15) is 5.82 Å². The Bertz CT molecular complexity index is 1090. The van der Waals surface area contributed by atoms with E-state index >= 15 is 0 Å². The first-order chi connectivity index (χ1) is 14.5. The van der Waals surface area contributed by atoms with Crippen LogP contribution in [0.1, 0.15) is 39.3 Å². The molecule has 2 N–H and O–H groups in total. The van der Waals surface area contributed by atoms with Crippen LogP contribution in [0.25, 0.3) is 0 Å². The number of Topliss-reactive ketones (excluding diaryl/α,β-unsaturated/α-hetero) is 1. The average Bonchev–Trinajstić information content (AvgIpc) is 2.95. The van der Waals surface area contributed by atoms with E-state index in [1.54, 1.807) is 27.7 Å². The Morgan fingerprint density at radius 1 is 1.19 bits per heavy atom. The third-order valence-electron chi connectivity index (χ3n) is 4.91. The van der Waals surface area contributed by atoms with Crippen LogP contribution in [0.2, 0.25) is 5.02 Å². The Morgan fingerprint density at radius 3 is 2.45 bits per heavy atom. The van der Waals surface area contributed by atoms with Crippen molar-refractivity contribution in [2.24, 2.45) is 5.41 Å². The number of phenolic OH excluding ortho intramolecular Hbond substituents is 1. The molecule has 2 aromatic carbocycles. The summed E-state index contributed by atoms with van der Waals surface area (Å²) in [5.41, 5.74) is -0.355. The molecule has 31 heavy (non-hydrogen) atoms. The molecule has 1 heterocycles. The summed E-state index contributed by atoms with van der Waals surface area (Å²) in [5.74, 6) is -2.53. The van der Waals surface area contributed by atoms with E-state index in [2.05, 4.69) is 0 Å². The van der Waals surface area contributed by atoms with Gasteiger partial charge in [-0.3, -0.25) is 14.5 Å². The van der Waals surface area contributed by atoms with Crippen molar-refractivity contribution in [3.05, 3.63) is 64.1 Å². The zero-order chi connectivity index (χ0) is 23.1. The third kappa shape index (κ3) is 4.10. The summed E-state index contributed by atoms with van der Waals surface area (Å²) in [6, 6.07) is 7.09. The topological polar surface area (TPSA) is 87.1 Å². The van der Waals surface area contributed by atoms with E-state index in [0.717, 1.165) is 6.07 Å². The van der Waals surface area contributed by atoms with Gasteiger partial charge in [0.15, 0.2) is 23.0 Å². The molecule has 2 aromatic rings. The minimum atomic E-state index is -1.03. The van der Waals surface area contributed by atoms with Gasteiger partial charge in [0.25, 0.3) is 5.91 Å². The number of nitrogens with zero attached hydrogens (tertiary/aromatic N) is 1. The Hall–Kier alpha value is -3.06. The van der Waals surface area contributed by atoms with Crippen LogP contribution in [0.4, 0.5) is 10.1 Å². The SMILES string of the molecule is CCOc1cc(C2C(C(=O)C(C)(C)C)=C(O)C(=O)N2c2ccc(F)c(Cl)c2)ccc1O. The smallest absolute Gasteiger partial charge is 0.294 e. The van der Waals surface area contributed by atoms with Crippen molar-refractivity contribution < 1.29 is 28.9 Å². The number of amides is 1. The van der Waals surface area contributed by atoms with Crippen LogP contribution >= 0.6 is 11.6 Å². The van der Waals surface area contributed by atoms with Crippen molar-refractivity contribution in [2.45, 2.75) is 33.7 Å². The highest BCUT2D eigenvalue weighted by molar-refractivity contribution is 6.31. The first-order valence-electron chi connectivity index (χ1n) is 9.69. The second-order valence-corrected chi connectivity index (χ2v) is 8.58. The molecule has 1 unspecified atom stereocenters. The molecule has 0 aromatic heterocycles. The molecule has 1 aliphatic heterocycles. The quantitative estimate of drug-likeness (QED) is 0.666. The lowest BCUT2D eigenvalue weighted by atomic mass is 9.82. The van der Waals surface area contributed by atoms with Gasteiger partial charge >= 0.3 is 0 Å². The first kappa shape index (κ1) is 22.6. The van der Waals surface area contributed by atoms with Gasteiger partial charge in [-0.1, -0.05) is 38.4 Å². The highest BCUT2D eigenvalue weighted by atomic mass is 35.5. The van der Waals surface area contributed by atoms with Crippen molar-refractivity contribution in [1.82, 2.24) is 0 Å². The van der Waals surface area contributed by atoms with E-state index < -0.39 is 34.7 Å². The van der Waals surface area contributed by atoms with Gasteiger partial charge in [0.2, 0.25) is 0 Å². The molecule has 0 spiro atoms. The van der Waals surface area contributed by atoms with Crippen LogP contribution in [0.5, 0.6) is 11.5 Å². The summed E-state index contributed by atoms with van der Waals surface area (Å²) in [4.78, 5) is 27.5. The predicted molar refractivity (Wildman–Crippen MR) is 115 cm³/mol. The maximum atomic E-state index is 13.7. The number of phenols is 1. The highest BCUT2D eigenvalue weighted by Crippen LogP contribution is 2.45. The van der Waals surface area contributed by atoms with Crippen molar-refractivity contribution in [1.29, 1.82) is 0 Å². The molecule has 0 bridgehead atoms. The lowest BCUT2D eigenvalue weighted by Crippen LogP contribution is -2.32. The van der Waals surface area contributed by atoms with Crippen molar-refractivity contribution >= 4 is 29.0 Å². The number of anilines is 1. The Kier molecular flexibility index (Phi) is 6.00. The second kappa shape index (κ2) is 8.23. The van der Waals surface area contributed by atoms with E-state index in [9.17, 15) is 24.2 Å². The minimum Gasteiger partial charge on any atom is -0.504 e. The second-order valence-electron chi connectivity index (χ2n) is 8.18. The van der Waals surface area contributed by atoms with Crippen molar-refractivity contribution in [3.8, 4) is 11.5 Å². The molecule has 0 aliphatic carbocycles. The molecular formula is C23H23ClFNO5. The van der Waals surface area contributed by atoms with E-state index in [4.69, 9.17) is 16.3 Å². The number of halogens is 2. The van der Waals surface area contributed by atoms with Gasteiger partial charge in [-0.15, -0.1) is 0 Å². The molecule has 8 heteroatoms. The van der Waals surface area contributed by atoms with Crippen LogP contribution in [0, 0.1) is 11.2 Å². The number of benzene rings is 2. The molecule has 3 rings (SSSR count). The molecule has 6 nitrogen and oxygen atoms in total. The zero-order valence-electron chi connectivity index (χ0n) is 17.6. The zero-order valence-corrected chi connectivity index (χ0v) is 18.3. The van der Waals surface area contributed by atoms with E-state index in [1.165, 1.54) is 35.2 Å². The monoisotopic (exact) mass is 447 g/mol. The average molecular weight is 448 g/mol. The normalized spacial score (nSPS) is 16.8. The van der Waals surface area contributed by atoms with Gasteiger partial charge in [-0.05, 0) is 42.8 Å². The summed E-state index contributed by atoms with van der Waals surface area (Å²) in [7, 11) is 0. The fourth-order valence-corrected chi connectivity index (χ4v) is 3.60. The molecule has 0 fully saturated rings. The number of aromatic hydroxyl groups is 1. The first-order valence-corrected chi connectivity index (χ1v) is 10.1. The maximum absolute atomic E-state index is 13.7. The van der Waals surface area contributed by atoms with E-state index in [0.29, 0.717) is 5.56 Å². The van der Waals surface area contributed by atoms with Crippen LogP contribution in [-0.2, 0) is 9.59 Å². The number of ketones is 1. The van der Waals surface area contributed by atoms with Gasteiger partial charge in [-0.25, -0.2) is 4.39 Å². The van der Waals surface area contributed by atoms with Crippen molar-refractivity contribution in [3.63, 3.8) is 0 Å². The molecule has 1 aliphatic rings. The van der Waals surface area contributed by atoms with Crippen LogP contribution < -0.4 is 9.64 Å². The van der Waals surface area contributed by atoms with Crippen molar-refractivity contribution in [2.75, 3.05) is 11.5 Å². The van der Waals surface area contributed by atoms with Gasteiger partial charge < -0.3 is 14.9 Å². The van der Waals surface area contributed by atoms with Crippen LogP contribution in [0.3, 0.4) is 0 Å². The number of carbonyl (C=O) groups is 2. The Balaban J connectivity index is 2.24. The number of carbonyl (C=O) groups excluding carboxylic acids is 2. The van der Waals surface area contributed by atoms with Gasteiger partial charge in [0, 0.05) is 11.1 Å². The minimum absolute atomic E-state index is 0.0916. The Labute approximate surface area is 184 Å². The summed E-state index contributed by atoms with van der Waals surface area (Å²) < 4.78 is 19.2. The summed E-state index contributed by atoms with van der Waals surface area (Å²) >= 11 is 5.92. The van der Waals surface area contributed by atoms with Crippen LogP contribution in [0.15, 0.2) is 47.7 Å². The molecule has 0 saturated heterocycles. The molecule has 1 amide bonds. The molecule has 1 atom stereocenters. The van der Waals surface area contributed by atoms with E-state index in [-0.39, 0.29) is 34.4 Å². The third-order valence-corrected chi connectivity index (χ3v) is 5.20. The molecule has 0 saturated carbocycles. The Morgan fingerprint density at radius 2 is 1.87 bits per heavy atom. The molecular weight excluding hydrogens is 425 g/mol. The van der Waals surface area contributed by atoms with E-state index in [1.807, 2.05) is 0 Å². The maximum Gasteiger partial charge on any atom is 0.294 e. The number of rotatable bonds is 5. The lowest BCUT2D eigenvalue weighted by Gasteiger charge is -2.29. The predicted octanol–water partition coefficient (Wildman–Crippen LogP) is 5.10. The van der Waals surface area contributed by atoms with Gasteiger partial charge in [-0.2, -0.15) is 0 Å². The number of aliphatic hydroxyl groups excluding tert-OH is 1. The standard InChI is InChI=1S/C23H23ClFNO5/c1-5-31-17-10-12(6-9-16(17)27)19-18(21(29)23(2,3)4)20(28)22(30)26(19)13-7-8-15(25)14(24)11-13/h6-11,19,27-28H,5H2,1-4H3. The number of hydrogen-bond acceptors (Lipinski definition) is 5. The summed E-state index contributed by atoms with van der Waals surface area (Å²) in [5, 5.41) is 20.6. The number of aliphatic hydroxyl groups is 1. The lowest BCUT2D eigenvalue weighted by molar-refractivity contribution is -0.123. The molecule has 164 valence electrons. The number of ether oxygens (including phenoxy) is 1. The number of hydrogen-bond donors (Lipinski definition) is 2. The van der Waals surface area contributed by atoms with Crippen LogP contribution in [-0.4, -0.2) is 28.5 Å². The highest BCUT2D eigenvalue weighted by Gasteiger charge is 2.47. The summed E-state index contributed by atoms with van der Waals surface area (Å²) in [6.07, 6.45) is 0. The fraction of sp³-hybridized carbons (Fsp3) is 0.304. The molecule has 0 radical (unpaired) electrons. The largest absolute Gasteiger partial charge is 0.504 e. The summed E-state index contributed by atoms with van der Waals surface area (Å²) in [6.45, 7) is 7.07. The van der Waals surface area contributed by atoms with Gasteiger partial charge in [0.05, 0.1) is 23.2 Å². The fourth-order valence-electron chi connectivity index (χ4n) is 3.43.